The van der Waals surface area contributed by atoms with E-state index in [0.717, 1.165) is 12.1 Å². The lowest BCUT2D eigenvalue weighted by Gasteiger charge is -2.05. The topological polar surface area (TPSA) is 89.3 Å². The molecule has 0 radical (unpaired) electrons. The van der Waals surface area contributed by atoms with Gasteiger partial charge in [-0.15, -0.1) is 0 Å². The molecule has 1 aromatic heterocycles. The van der Waals surface area contributed by atoms with Crippen LogP contribution in [0.3, 0.4) is 0 Å². The van der Waals surface area contributed by atoms with Crippen LogP contribution in [0.25, 0.3) is 0 Å². The van der Waals surface area contributed by atoms with Crippen molar-refractivity contribution in [2.45, 2.75) is 20.8 Å². The first-order valence-corrected chi connectivity index (χ1v) is 7.72. The third kappa shape index (κ3) is 6.59. The Morgan fingerprint density at radius 2 is 2.24 bits per heavy atom. The molecule has 0 saturated carbocycles. The number of nitrogens with zero attached hydrogens (tertiary/aromatic N) is 1. The molecule has 118 valence electrons. The van der Waals surface area contributed by atoms with Crippen molar-refractivity contribution in [1.82, 2.24) is 10.3 Å². The van der Waals surface area contributed by atoms with E-state index in [2.05, 4.69) is 36.0 Å². The second kappa shape index (κ2) is 8.63. The van der Waals surface area contributed by atoms with Gasteiger partial charge in [-0.05, 0) is 12.8 Å². The Morgan fingerprint density at radius 1 is 1.52 bits per heavy atom. The Morgan fingerprint density at radius 3 is 2.86 bits per heavy atom. The van der Waals surface area contributed by atoms with Crippen molar-refractivity contribution in [2.24, 2.45) is 5.92 Å². The zero-order valence-corrected chi connectivity index (χ0v) is 13.7. The lowest BCUT2D eigenvalue weighted by molar-refractivity contribution is 0.0931. The molecule has 0 spiro atoms. The van der Waals surface area contributed by atoms with E-state index in [1.807, 2.05) is 6.92 Å². The summed E-state index contributed by atoms with van der Waals surface area (Å²) in [4.78, 5) is 16.6. The van der Waals surface area contributed by atoms with Gasteiger partial charge in [0.1, 0.15) is 10.7 Å². The van der Waals surface area contributed by atoms with Crippen LogP contribution in [0.5, 0.6) is 0 Å². The smallest absolute Gasteiger partial charge is 0.265 e. The molecule has 1 amide bonds. The first kappa shape index (κ1) is 17.5. The molecule has 1 aromatic rings. The molecular weight excluding hydrogens is 288 g/mol. The van der Waals surface area contributed by atoms with Gasteiger partial charge in [0.05, 0.1) is 13.2 Å². The zero-order valence-electron chi connectivity index (χ0n) is 12.9. The van der Waals surface area contributed by atoms with E-state index in [1.54, 1.807) is 0 Å². The zero-order chi connectivity index (χ0) is 15.8. The summed E-state index contributed by atoms with van der Waals surface area (Å²) in [7, 11) is 0. The van der Waals surface area contributed by atoms with Gasteiger partial charge in [-0.2, -0.15) is 0 Å². The van der Waals surface area contributed by atoms with Gasteiger partial charge in [-0.3, -0.25) is 4.79 Å². The van der Waals surface area contributed by atoms with Crippen LogP contribution >= 0.6 is 11.3 Å². The van der Waals surface area contributed by atoms with E-state index >= 15 is 0 Å². The number of hydrogen-bond donors (Lipinski definition) is 3. The summed E-state index contributed by atoms with van der Waals surface area (Å²) in [5.41, 5.74) is 6.73. The molecular formula is C14H24N4O2S. The Labute approximate surface area is 129 Å². The molecule has 6 nitrogen and oxygen atoms in total. The number of rotatable bonds is 9. The lowest BCUT2D eigenvalue weighted by atomic mass is 10.2. The van der Waals surface area contributed by atoms with Gasteiger partial charge in [-0.1, -0.05) is 37.3 Å². The van der Waals surface area contributed by atoms with Crippen LogP contribution in [0.4, 0.5) is 10.9 Å². The minimum Gasteiger partial charge on any atom is -0.382 e. The van der Waals surface area contributed by atoms with Crippen molar-refractivity contribution in [3.05, 3.63) is 17.0 Å². The SMILES string of the molecule is C=C(C)COCCNC(=O)c1sc(NCC(C)C)nc1N. The van der Waals surface area contributed by atoms with Crippen molar-refractivity contribution in [2.75, 3.05) is 37.4 Å². The Kier molecular flexibility index (Phi) is 7.18. The van der Waals surface area contributed by atoms with Crippen molar-refractivity contribution in [1.29, 1.82) is 0 Å². The number of aromatic nitrogens is 1. The largest absolute Gasteiger partial charge is 0.382 e. The number of hydrogen-bond acceptors (Lipinski definition) is 6. The molecule has 0 aliphatic carbocycles. The quantitative estimate of drug-likeness (QED) is 0.480. The average Bonchev–Trinajstić information content (AvgIpc) is 2.76. The molecule has 1 heterocycles. The van der Waals surface area contributed by atoms with Crippen LogP contribution in [0.1, 0.15) is 30.4 Å². The van der Waals surface area contributed by atoms with E-state index in [-0.39, 0.29) is 11.7 Å². The molecule has 0 atom stereocenters. The molecule has 0 saturated heterocycles. The van der Waals surface area contributed by atoms with Crippen molar-refractivity contribution in [3.63, 3.8) is 0 Å². The molecule has 0 aromatic carbocycles. The Bertz CT molecular complexity index is 485. The maximum absolute atomic E-state index is 12.0. The second-order valence-electron chi connectivity index (χ2n) is 5.27. The monoisotopic (exact) mass is 312 g/mol. The molecule has 0 aliphatic heterocycles. The summed E-state index contributed by atoms with van der Waals surface area (Å²) in [6.45, 7) is 12.0. The molecule has 7 heteroatoms. The summed E-state index contributed by atoms with van der Waals surface area (Å²) in [5, 5.41) is 6.59. The summed E-state index contributed by atoms with van der Waals surface area (Å²) in [6, 6.07) is 0. The Hall–Kier alpha value is -1.60. The van der Waals surface area contributed by atoms with Crippen LogP contribution in [0.15, 0.2) is 12.2 Å². The number of anilines is 2. The first-order chi connectivity index (χ1) is 9.90. The maximum atomic E-state index is 12.0. The fourth-order valence-corrected chi connectivity index (χ4v) is 2.23. The second-order valence-corrected chi connectivity index (χ2v) is 6.27. The van der Waals surface area contributed by atoms with Gasteiger partial charge in [0.15, 0.2) is 5.13 Å². The number of nitrogen functional groups attached to an aromatic ring is 1. The predicted molar refractivity (Wildman–Crippen MR) is 87.8 cm³/mol. The van der Waals surface area contributed by atoms with Gasteiger partial charge >= 0.3 is 0 Å². The van der Waals surface area contributed by atoms with Crippen molar-refractivity contribution >= 4 is 28.2 Å². The molecule has 0 fully saturated rings. The first-order valence-electron chi connectivity index (χ1n) is 6.90. The van der Waals surface area contributed by atoms with Crippen LogP contribution in [0, 0.1) is 5.92 Å². The lowest BCUT2D eigenvalue weighted by Crippen LogP contribution is -2.27. The van der Waals surface area contributed by atoms with Gasteiger partial charge in [0.2, 0.25) is 0 Å². The average molecular weight is 312 g/mol. The standard InChI is InChI=1S/C14H24N4O2S/c1-9(2)7-17-14-18-12(15)11(21-14)13(19)16-5-6-20-8-10(3)4/h9H,3,5-8,15H2,1-2,4H3,(H,16,19)(H,17,18). The third-order valence-electron chi connectivity index (χ3n) is 2.40. The molecule has 0 unspecified atom stereocenters. The van der Waals surface area contributed by atoms with E-state index in [0.29, 0.717) is 35.7 Å². The number of carbonyl (C=O) groups is 1. The summed E-state index contributed by atoms with van der Waals surface area (Å²) >= 11 is 1.26. The molecule has 4 N–H and O–H groups in total. The highest BCUT2D eigenvalue weighted by molar-refractivity contribution is 7.18. The number of nitrogens with two attached hydrogens (primary N) is 1. The summed E-state index contributed by atoms with van der Waals surface area (Å²) < 4.78 is 5.31. The highest BCUT2D eigenvalue weighted by atomic mass is 32.1. The van der Waals surface area contributed by atoms with E-state index in [4.69, 9.17) is 10.5 Å². The highest BCUT2D eigenvalue weighted by Crippen LogP contribution is 2.24. The fraction of sp³-hybridized carbons (Fsp3) is 0.571. The highest BCUT2D eigenvalue weighted by Gasteiger charge is 2.15. The van der Waals surface area contributed by atoms with Crippen LogP contribution in [0.2, 0.25) is 0 Å². The van der Waals surface area contributed by atoms with Crippen molar-refractivity contribution in [3.8, 4) is 0 Å². The summed E-state index contributed by atoms with van der Waals surface area (Å²) in [5.74, 6) is 0.533. The van der Waals surface area contributed by atoms with E-state index in [1.165, 1.54) is 11.3 Å². The van der Waals surface area contributed by atoms with Crippen LogP contribution < -0.4 is 16.4 Å². The molecule has 21 heavy (non-hydrogen) atoms. The normalized spacial score (nSPS) is 10.7. The Balaban J connectivity index is 2.41. The minimum atomic E-state index is -0.221. The van der Waals surface area contributed by atoms with Crippen molar-refractivity contribution < 1.29 is 9.53 Å². The van der Waals surface area contributed by atoms with Crippen LogP contribution in [-0.2, 0) is 4.74 Å². The van der Waals surface area contributed by atoms with Gasteiger partial charge in [0, 0.05) is 13.1 Å². The number of carbonyl (C=O) groups excluding carboxylic acids is 1. The maximum Gasteiger partial charge on any atom is 0.265 e. The predicted octanol–water partition coefficient (Wildman–Crippen LogP) is 2.12. The summed E-state index contributed by atoms with van der Waals surface area (Å²) in [6.07, 6.45) is 0. The molecule has 0 aliphatic rings. The van der Waals surface area contributed by atoms with Gasteiger partial charge in [0.25, 0.3) is 5.91 Å². The third-order valence-corrected chi connectivity index (χ3v) is 3.43. The van der Waals surface area contributed by atoms with Gasteiger partial charge in [-0.25, -0.2) is 4.98 Å². The fourth-order valence-electron chi connectivity index (χ4n) is 1.43. The number of amides is 1. The van der Waals surface area contributed by atoms with E-state index < -0.39 is 0 Å². The number of nitrogens with one attached hydrogen (secondary N) is 2. The molecule has 0 bridgehead atoms. The number of ether oxygens (including phenoxy) is 1. The van der Waals surface area contributed by atoms with Gasteiger partial charge < -0.3 is 21.1 Å². The van der Waals surface area contributed by atoms with Crippen LogP contribution in [-0.4, -0.2) is 37.2 Å². The number of thiazole rings is 1. The molecule has 1 rings (SSSR count). The van der Waals surface area contributed by atoms with E-state index in [9.17, 15) is 4.79 Å². The minimum absolute atomic E-state index is 0.221.